The maximum atomic E-state index is 10.9. The van der Waals surface area contributed by atoms with Gasteiger partial charge in [-0.3, -0.25) is 4.79 Å². The Balaban J connectivity index is 2.61. The largest absolute Gasteiger partial charge is 0.395 e. The van der Waals surface area contributed by atoms with Gasteiger partial charge in [0.05, 0.1) is 6.61 Å². The summed E-state index contributed by atoms with van der Waals surface area (Å²) < 4.78 is 0. The Morgan fingerprint density at radius 2 is 1.93 bits per heavy atom. The van der Waals surface area contributed by atoms with Crippen LogP contribution in [0.2, 0.25) is 0 Å². The van der Waals surface area contributed by atoms with Crippen molar-refractivity contribution < 1.29 is 9.90 Å². The van der Waals surface area contributed by atoms with Gasteiger partial charge in [-0.1, -0.05) is 18.2 Å². The number of aliphatic hydroxyl groups excluding tert-OH is 1. The summed E-state index contributed by atoms with van der Waals surface area (Å²) in [7, 11) is 0. The van der Waals surface area contributed by atoms with Gasteiger partial charge in [-0.15, -0.1) is 0 Å². The van der Waals surface area contributed by atoms with E-state index in [0.717, 1.165) is 5.69 Å². The van der Waals surface area contributed by atoms with Crippen LogP contribution in [0.1, 0.15) is 13.3 Å². The first kappa shape index (κ1) is 11.7. The first-order valence-corrected chi connectivity index (χ1v) is 5.14. The van der Waals surface area contributed by atoms with Crippen LogP contribution < -0.4 is 4.90 Å². The summed E-state index contributed by atoms with van der Waals surface area (Å²) in [6.45, 7) is 2.92. The quantitative estimate of drug-likeness (QED) is 0.767. The molecule has 1 aromatic rings. The molecule has 0 heterocycles. The summed E-state index contributed by atoms with van der Waals surface area (Å²) in [5.74, 6) is 0.175. The van der Waals surface area contributed by atoms with Gasteiger partial charge in [0.15, 0.2) is 0 Å². The summed E-state index contributed by atoms with van der Waals surface area (Å²) in [5, 5.41) is 8.94. The summed E-state index contributed by atoms with van der Waals surface area (Å²) in [4.78, 5) is 12.9. The van der Waals surface area contributed by atoms with Crippen LogP contribution in [0.5, 0.6) is 0 Å². The number of anilines is 1. The summed E-state index contributed by atoms with van der Waals surface area (Å²) in [5.41, 5.74) is 1.05. The molecular weight excluding hydrogens is 190 g/mol. The minimum absolute atomic E-state index is 0.104. The number of Topliss-reactive ketones (excluding diaryl/α,β-unsaturated/α-hetero) is 1. The fourth-order valence-electron chi connectivity index (χ4n) is 1.42. The van der Waals surface area contributed by atoms with Crippen LogP contribution in [-0.4, -0.2) is 30.6 Å². The zero-order chi connectivity index (χ0) is 11.1. The van der Waals surface area contributed by atoms with Crippen molar-refractivity contribution in [3.8, 4) is 0 Å². The Labute approximate surface area is 90.3 Å². The van der Waals surface area contributed by atoms with E-state index >= 15 is 0 Å². The predicted octanol–water partition coefficient (Wildman–Crippen LogP) is 1.46. The Bertz CT molecular complexity index is 298. The predicted molar refractivity (Wildman–Crippen MR) is 61.0 cm³/mol. The molecule has 0 aliphatic carbocycles. The van der Waals surface area contributed by atoms with E-state index in [4.69, 9.17) is 5.11 Å². The Kier molecular flexibility index (Phi) is 4.84. The fourth-order valence-corrected chi connectivity index (χ4v) is 1.42. The van der Waals surface area contributed by atoms with E-state index in [1.54, 1.807) is 6.92 Å². The van der Waals surface area contributed by atoms with Crippen molar-refractivity contribution in [1.82, 2.24) is 0 Å². The normalized spacial score (nSPS) is 10.0. The zero-order valence-electron chi connectivity index (χ0n) is 9.02. The van der Waals surface area contributed by atoms with Crippen molar-refractivity contribution in [2.24, 2.45) is 0 Å². The molecule has 0 spiro atoms. The molecule has 3 heteroatoms. The van der Waals surface area contributed by atoms with Crippen molar-refractivity contribution >= 4 is 11.5 Å². The molecular formula is C12H17NO2. The molecule has 1 rings (SSSR count). The topological polar surface area (TPSA) is 40.5 Å². The van der Waals surface area contributed by atoms with Gasteiger partial charge in [0.25, 0.3) is 0 Å². The van der Waals surface area contributed by atoms with E-state index in [0.29, 0.717) is 19.5 Å². The number of nitrogens with zero attached hydrogens (tertiary/aromatic N) is 1. The lowest BCUT2D eigenvalue weighted by molar-refractivity contribution is -0.116. The number of hydrogen-bond acceptors (Lipinski definition) is 3. The summed E-state index contributed by atoms with van der Waals surface area (Å²) >= 11 is 0. The lowest BCUT2D eigenvalue weighted by atomic mass is 10.2. The average molecular weight is 207 g/mol. The molecule has 3 nitrogen and oxygen atoms in total. The first-order chi connectivity index (χ1) is 7.24. The number of carbonyl (C=O) groups is 1. The number of benzene rings is 1. The Morgan fingerprint density at radius 1 is 1.27 bits per heavy atom. The van der Waals surface area contributed by atoms with E-state index in [2.05, 4.69) is 0 Å². The number of carbonyl (C=O) groups excluding carboxylic acids is 1. The second-order valence-electron chi connectivity index (χ2n) is 3.50. The third-order valence-corrected chi connectivity index (χ3v) is 2.23. The number of rotatable bonds is 6. The molecule has 0 bridgehead atoms. The van der Waals surface area contributed by atoms with Crippen LogP contribution in [0.4, 0.5) is 5.69 Å². The molecule has 0 saturated heterocycles. The van der Waals surface area contributed by atoms with E-state index in [1.807, 2.05) is 35.2 Å². The van der Waals surface area contributed by atoms with Gasteiger partial charge in [0.2, 0.25) is 0 Å². The van der Waals surface area contributed by atoms with E-state index in [9.17, 15) is 4.79 Å². The molecule has 0 unspecified atom stereocenters. The standard InChI is InChI=1S/C12H17NO2/c1-11(15)7-8-13(9-10-14)12-5-3-2-4-6-12/h2-6,14H,7-10H2,1H3. The minimum atomic E-state index is 0.104. The molecule has 0 fully saturated rings. The molecule has 1 aromatic carbocycles. The maximum Gasteiger partial charge on any atom is 0.131 e. The van der Waals surface area contributed by atoms with Crippen LogP contribution in [0.3, 0.4) is 0 Å². The lowest BCUT2D eigenvalue weighted by Crippen LogP contribution is -2.28. The number of ketones is 1. The smallest absolute Gasteiger partial charge is 0.131 e. The number of aliphatic hydroxyl groups is 1. The highest BCUT2D eigenvalue weighted by atomic mass is 16.3. The molecule has 15 heavy (non-hydrogen) atoms. The highest BCUT2D eigenvalue weighted by Gasteiger charge is 2.05. The number of hydrogen-bond donors (Lipinski definition) is 1. The summed E-state index contributed by atoms with van der Waals surface area (Å²) in [6, 6.07) is 9.82. The Morgan fingerprint density at radius 3 is 2.47 bits per heavy atom. The molecule has 0 radical (unpaired) electrons. The maximum absolute atomic E-state index is 10.9. The van der Waals surface area contributed by atoms with Crippen LogP contribution in [0.25, 0.3) is 0 Å². The van der Waals surface area contributed by atoms with Crippen LogP contribution in [-0.2, 0) is 4.79 Å². The van der Waals surface area contributed by atoms with Gasteiger partial charge in [-0.25, -0.2) is 0 Å². The van der Waals surface area contributed by atoms with Crippen LogP contribution in [0.15, 0.2) is 30.3 Å². The van der Waals surface area contributed by atoms with Crippen LogP contribution in [0, 0.1) is 0 Å². The van der Waals surface area contributed by atoms with Crippen molar-refractivity contribution in [2.75, 3.05) is 24.6 Å². The minimum Gasteiger partial charge on any atom is -0.395 e. The van der Waals surface area contributed by atoms with Gasteiger partial charge in [0.1, 0.15) is 5.78 Å². The molecule has 0 aromatic heterocycles. The third-order valence-electron chi connectivity index (χ3n) is 2.23. The van der Waals surface area contributed by atoms with Gasteiger partial charge in [-0.2, -0.15) is 0 Å². The SMILES string of the molecule is CC(=O)CCN(CCO)c1ccccc1. The molecule has 0 aliphatic rings. The molecule has 1 N–H and O–H groups in total. The first-order valence-electron chi connectivity index (χ1n) is 5.14. The highest BCUT2D eigenvalue weighted by molar-refractivity contribution is 5.76. The van der Waals surface area contributed by atoms with E-state index in [-0.39, 0.29) is 12.4 Å². The van der Waals surface area contributed by atoms with Crippen molar-refractivity contribution in [2.45, 2.75) is 13.3 Å². The van der Waals surface area contributed by atoms with Gasteiger partial charge >= 0.3 is 0 Å². The van der Waals surface area contributed by atoms with E-state index < -0.39 is 0 Å². The third kappa shape index (κ3) is 4.13. The van der Waals surface area contributed by atoms with Gasteiger partial charge in [-0.05, 0) is 19.1 Å². The van der Waals surface area contributed by atoms with E-state index in [1.165, 1.54) is 0 Å². The van der Waals surface area contributed by atoms with Crippen molar-refractivity contribution in [3.05, 3.63) is 30.3 Å². The number of para-hydroxylation sites is 1. The fraction of sp³-hybridized carbons (Fsp3) is 0.417. The summed E-state index contributed by atoms with van der Waals surface area (Å²) in [6.07, 6.45) is 0.523. The van der Waals surface area contributed by atoms with Crippen molar-refractivity contribution in [3.63, 3.8) is 0 Å². The van der Waals surface area contributed by atoms with Crippen molar-refractivity contribution in [1.29, 1.82) is 0 Å². The second-order valence-corrected chi connectivity index (χ2v) is 3.50. The van der Waals surface area contributed by atoms with Gasteiger partial charge < -0.3 is 10.0 Å². The average Bonchev–Trinajstić information content (AvgIpc) is 2.25. The van der Waals surface area contributed by atoms with Gasteiger partial charge in [0, 0.05) is 25.2 Å². The van der Waals surface area contributed by atoms with Crippen LogP contribution >= 0.6 is 0 Å². The second kappa shape index (κ2) is 6.19. The highest BCUT2D eigenvalue weighted by Crippen LogP contribution is 2.12. The molecule has 0 saturated carbocycles. The monoisotopic (exact) mass is 207 g/mol. The molecule has 0 amide bonds. The lowest BCUT2D eigenvalue weighted by Gasteiger charge is -2.23. The molecule has 0 atom stereocenters. The molecule has 0 aliphatic heterocycles. The Hall–Kier alpha value is -1.35. The zero-order valence-corrected chi connectivity index (χ0v) is 9.02. The molecule has 82 valence electrons.